The lowest BCUT2D eigenvalue weighted by Crippen LogP contribution is -2.20. The van der Waals surface area contributed by atoms with Gasteiger partial charge in [0.05, 0.1) is 23.9 Å². The van der Waals surface area contributed by atoms with Crippen molar-refractivity contribution in [1.82, 2.24) is 9.55 Å². The Morgan fingerprint density at radius 3 is 2.67 bits per heavy atom. The molecule has 1 heterocycles. The van der Waals surface area contributed by atoms with Gasteiger partial charge in [0.15, 0.2) is 0 Å². The molecule has 3 nitrogen and oxygen atoms in total. The van der Waals surface area contributed by atoms with E-state index in [1.54, 1.807) is 6.20 Å². The first kappa shape index (κ1) is 12.7. The minimum atomic E-state index is -0.508. The highest BCUT2D eigenvalue weighted by Crippen LogP contribution is 2.23. The van der Waals surface area contributed by atoms with Crippen LogP contribution in [0.1, 0.15) is 25.6 Å². The van der Waals surface area contributed by atoms with E-state index in [4.69, 9.17) is 5.73 Å². The van der Waals surface area contributed by atoms with Crippen molar-refractivity contribution in [3.63, 3.8) is 0 Å². The molecule has 96 valence electrons. The van der Waals surface area contributed by atoms with Gasteiger partial charge in [0.25, 0.3) is 0 Å². The third-order valence-corrected chi connectivity index (χ3v) is 2.89. The summed E-state index contributed by atoms with van der Waals surface area (Å²) in [4.78, 5) is 3.97. The molecule has 2 rings (SSSR count). The van der Waals surface area contributed by atoms with Gasteiger partial charge in [-0.1, -0.05) is 13.8 Å². The molecule has 1 unspecified atom stereocenters. The second kappa shape index (κ2) is 4.86. The van der Waals surface area contributed by atoms with Crippen LogP contribution < -0.4 is 5.73 Å². The van der Waals surface area contributed by atoms with Crippen LogP contribution in [0.15, 0.2) is 30.7 Å². The number of hydrogen-bond acceptors (Lipinski definition) is 2. The standard InChI is InChI=1S/C13H15F2N3/c1-8(2)13(16)12-6-17-7-18(12)11-5-9(14)3-4-10(11)15/h3-8,13H,16H2,1-2H3. The topological polar surface area (TPSA) is 43.8 Å². The molecule has 2 aromatic rings. The molecule has 18 heavy (non-hydrogen) atoms. The van der Waals surface area contributed by atoms with Crippen molar-refractivity contribution in [3.8, 4) is 5.69 Å². The van der Waals surface area contributed by atoms with Crippen molar-refractivity contribution < 1.29 is 8.78 Å². The number of imidazole rings is 1. The van der Waals surface area contributed by atoms with Gasteiger partial charge in [0.1, 0.15) is 11.6 Å². The monoisotopic (exact) mass is 251 g/mol. The molecule has 5 heteroatoms. The lowest BCUT2D eigenvalue weighted by molar-refractivity contribution is 0.493. The van der Waals surface area contributed by atoms with Crippen LogP contribution in [0.2, 0.25) is 0 Å². The molecule has 0 spiro atoms. The predicted octanol–water partition coefficient (Wildman–Crippen LogP) is 2.81. The van der Waals surface area contributed by atoms with Gasteiger partial charge in [0.2, 0.25) is 0 Å². The van der Waals surface area contributed by atoms with E-state index in [0.29, 0.717) is 5.69 Å². The average molecular weight is 251 g/mol. The number of halogens is 2. The van der Waals surface area contributed by atoms with Crippen molar-refractivity contribution in [2.24, 2.45) is 11.7 Å². The Morgan fingerprint density at radius 2 is 2.00 bits per heavy atom. The molecule has 0 saturated carbocycles. The molecule has 0 fully saturated rings. The van der Waals surface area contributed by atoms with E-state index in [0.717, 1.165) is 18.2 Å². The minimum Gasteiger partial charge on any atom is -0.322 e. The zero-order chi connectivity index (χ0) is 13.3. The zero-order valence-corrected chi connectivity index (χ0v) is 10.3. The van der Waals surface area contributed by atoms with Gasteiger partial charge >= 0.3 is 0 Å². The van der Waals surface area contributed by atoms with Crippen molar-refractivity contribution in [3.05, 3.63) is 48.1 Å². The van der Waals surface area contributed by atoms with Crippen LogP contribution in [0.4, 0.5) is 8.78 Å². The number of nitrogens with two attached hydrogens (primary N) is 1. The normalized spacial score (nSPS) is 13.0. The van der Waals surface area contributed by atoms with Gasteiger partial charge in [-0.05, 0) is 18.1 Å². The fraction of sp³-hybridized carbons (Fsp3) is 0.308. The molecule has 0 radical (unpaired) electrons. The first-order valence-electron chi connectivity index (χ1n) is 5.74. The quantitative estimate of drug-likeness (QED) is 0.911. The van der Waals surface area contributed by atoms with E-state index in [-0.39, 0.29) is 17.6 Å². The maximum absolute atomic E-state index is 13.7. The first-order chi connectivity index (χ1) is 8.50. The summed E-state index contributed by atoms with van der Waals surface area (Å²) in [6.45, 7) is 3.92. The summed E-state index contributed by atoms with van der Waals surface area (Å²) >= 11 is 0. The van der Waals surface area contributed by atoms with Crippen LogP contribution in [0.25, 0.3) is 5.69 Å². The lowest BCUT2D eigenvalue weighted by Gasteiger charge is -2.18. The first-order valence-corrected chi connectivity index (χ1v) is 5.74. The number of rotatable bonds is 3. The van der Waals surface area contributed by atoms with Crippen LogP contribution in [-0.2, 0) is 0 Å². The van der Waals surface area contributed by atoms with Crippen molar-refractivity contribution >= 4 is 0 Å². The van der Waals surface area contributed by atoms with E-state index in [1.807, 2.05) is 13.8 Å². The Balaban J connectivity index is 2.52. The van der Waals surface area contributed by atoms with Gasteiger partial charge in [-0.3, -0.25) is 4.57 Å². The van der Waals surface area contributed by atoms with E-state index in [2.05, 4.69) is 4.98 Å². The van der Waals surface area contributed by atoms with E-state index in [1.165, 1.54) is 10.9 Å². The van der Waals surface area contributed by atoms with Crippen LogP contribution in [0.5, 0.6) is 0 Å². The Morgan fingerprint density at radius 1 is 1.28 bits per heavy atom. The second-order valence-corrected chi connectivity index (χ2v) is 4.55. The summed E-state index contributed by atoms with van der Waals surface area (Å²) in [6, 6.07) is 3.02. The van der Waals surface area contributed by atoms with E-state index in [9.17, 15) is 8.78 Å². The van der Waals surface area contributed by atoms with Gasteiger partial charge < -0.3 is 5.73 Å². The molecule has 0 aliphatic heterocycles. The molecule has 0 amide bonds. The van der Waals surface area contributed by atoms with Crippen molar-refractivity contribution in [2.45, 2.75) is 19.9 Å². The highest BCUT2D eigenvalue weighted by atomic mass is 19.1. The van der Waals surface area contributed by atoms with Crippen LogP contribution in [0.3, 0.4) is 0 Å². The molecule has 2 N–H and O–H groups in total. The molecule has 0 saturated heterocycles. The molecule has 0 aliphatic rings. The molecular weight excluding hydrogens is 236 g/mol. The Hall–Kier alpha value is -1.75. The summed E-state index contributed by atoms with van der Waals surface area (Å²) in [6.07, 6.45) is 3.02. The highest BCUT2D eigenvalue weighted by molar-refractivity contribution is 5.36. The smallest absolute Gasteiger partial charge is 0.147 e. The van der Waals surface area contributed by atoms with Gasteiger partial charge in [-0.25, -0.2) is 13.8 Å². The summed E-state index contributed by atoms with van der Waals surface area (Å²) in [5.41, 5.74) is 6.82. The van der Waals surface area contributed by atoms with Gasteiger partial charge in [-0.2, -0.15) is 0 Å². The van der Waals surface area contributed by atoms with Crippen LogP contribution in [0, 0.1) is 17.6 Å². The number of hydrogen-bond donors (Lipinski definition) is 1. The van der Waals surface area contributed by atoms with Gasteiger partial charge in [-0.15, -0.1) is 0 Å². The fourth-order valence-corrected chi connectivity index (χ4v) is 1.77. The molecule has 1 aromatic heterocycles. The summed E-state index contributed by atoms with van der Waals surface area (Å²) in [5.74, 6) is -0.826. The van der Waals surface area contributed by atoms with Crippen molar-refractivity contribution in [1.29, 1.82) is 0 Å². The Bertz CT molecular complexity index is 549. The lowest BCUT2D eigenvalue weighted by atomic mass is 10.0. The average Bonchev–Trinajstić information content (AvgIpc) is 2.80. The number of benzene rings is 1. The van der Waals surface area contributed by atoms with Gasteiger partial charge in [0, 0.05) is 12.1 Å². The van der Waals surface area contributed by atoms with E-state index < -0.39 is 11.6 Å². The minimum absolute atomic E-state index is 0.124. The zero-order valence-electron chi connectivity index (χ0n) is 10.3. The van der Waals surface area contributed by atoms with E-state index >= 15 is 0 Å². The number of aromatic nitrogens is 2. The van der Waals surface area contributed by atoms with Crippen LogP contribution >= 0.6 is 0 Å². The molecule has 1 atom stereocenters. The number of nitrogens with zero attached hydrogens (tertiary/aromatic N) is 2. The Kier molecular flexibility index (Phi) is 3.43. The maximum atomic E-state index is 13.7. The predicted molar refractivity (Wildman–Crippen MR) is 65.2 cm³/mol. The molecule has 0 bridgehead atoms. The summed E-state index contributed by atoms with van der Waals surface area (Å²) < 4.78 is 28.4. The summed E-state index contributed by atoms with van der Waals surface area (Å²) in [7, 11) is 0. The Labute approximate surface area is 104 Å². The highest BCUT2D eigenvalue weighted by Gasteiger charge is 2.17. The molecule has 0 aliphatic carbocycles. The fourth-order valence-electron chi connectivity index (χ4n) is 1.77. The SMILES string of the molecule is CC(C)C(N)c1cncn1-c1cc(F)ccc1F. The van der Waals surface area contributed by atoms with Crippen molar-refractivity contribution in [2.75, 3.05) is 0 Å². The molecular formula is C13H15F2N3. The largest absolute Gasteiger partial charge is 0.322 e. The molecule has 1 aromatic carbocycles. The second-order valence-electron chi connectivity index (χ2n) is 4.55. The third-order valence-electron chi connectivity index (χ3n) is 2.89. The van der Waals surface area contributed by atoms with Crippen LogP contribution in [-0.4, -0.2) is 9.55 Å². The third kappa shape index (κ3) is 2.26. The maximum Gasteiger partial charge on any atom is 0.147 e. The summed E-state index contributed by atoms with van der Waals surface area (Å²) in [5, 5.41) is 0.